The van der Waals surface area contributed by atoms with Crippen molar-refractivity contribution in [3.05, 3.63) is 71.8 Å². The minimum absolute atomic E-state index is 0.748. The summed E-state index contributed by atoms with van der Waals surface area (Å²) in [6.45, 7) is 0. The summed E-state index contributed by atoms with van der Waals surface area (Å²) in [5.74, 6) is 5.31. The summed E-state index contributed by atoms with van der Waals surface area (Å²) < 4.78 is 0. The maximum atomic E-state index is 5.59. The van der Waals surface area contributed by atoms with Gasteiger partial charge in [0.15, 0.2) is 0 Å². The number of nitrogens with one attached hydrogen (secondary N) is 1. The normalized spacial score (nSPS) is 10.5. The Kier molecular flexibility index (Phi) is 2.94. The van der Waals surface area contributed by atoms with Gasteiger partial charge in [0.2, 0.25) is 0 Å². The first-order valence-corrected chi connectivity index (χ1v) is 7.39. The topological polar surface area (TPSA) is 15.8 Å². The third-order valence-electron chi connectivity index (χ3n) is 4.18. The molecule has 4 aromatic rings. The van der Waals surface area contributed by atoms with Crippen molar-refractivity contribution in [2.24, 2.45) is 0 Å². The number of benzene rings is 3. The van der Waals surface area contributed by atoms with Crippen molar-refractivity contribution in [2.45, 2.75) is 0 Å². The highest BCUT2D eigenvalue weighted by molar-refractivity contribution is 6.11. The van der Waals surface area contributed by atoms with E-state index in [1.807, 2.05) is 24.3 Å². The van der Waals surface area contributed by atoms with Gasteiger partial charge in [-0.25, -0.2) is 0 Å². The molecule has 4 rings (SSSR count). The van der Waals surface area contributed by atoms with E-state index in [-0.39, 0.29) is 0 Å². The van der Waals surface area contributed by atoms with Crippen LogP contribution in [0.15, 0.2) is 60.7 Å². The minimum atomic E-state index is 0.748. The summed E-state index contributed by atoms with van der Waals surface area (Å²) in [7, 11) is 0. The monoisotopic (exact) mass is 291 g/mol. The Hall–Kier alpha value is -3.42. The zero-order valence-electron chi connectivity index (χ0n) is 12.4. The van der Waals surface area contributed by atoms with Crippen LogP contribution in [0, 0.1) is 24.7 Å². The summed E-state index contributed by atoms with van der Waals surface area (Å²) in [5.41, 5.74) is 5.93. The number of hydrogen-bond acceptors (Lipinski definition) is 0. The predicted octanol–water partition coefficient (Wildman–Crippen LogP) is 4.95. The fourth-order valence-electron chi connectivity index (χ4n) is 3.07. The maximum absolute atomic E-state index is 5.59. The molecule has 0 bridgehead atoms. The summed E-state index contributed by atoms with van der Waals surface area (Å²) in [6, 6.07) is 20.5. The summed E-state index contributed by atoms with van der Waals surface area (Å²) in [5, 5.41) is 2.43. The summed E-state index contributed by atoms with van der Waals surface area (Å²) >= 11 is 0. The predicted molar refractivity (Wildman–Crippen MR) is 97.1 cm³/mol. The lowest BCUT2D eigenvalue weighted by Gasteiger charge is -2.06. The highest BCUT2D eigenvalue weighted by atomic mass is 14.7. The number of terminal acetylenes is 2. The van der Waals surface area contributed by atoms with Crippen LogP contribution < -0.4 is 0 Å². The van der Waals surface area contributed by atoms with Crippen LogP contribution in [0.1, 0.15) is 11.1 Å². The van der Waals surface area contributed by atoms with Gasteiger partial charge in [-0.15, -0.1) is 12.8 Å². The molecule has 1 nitrogen and oxygen atoms in total. The largest absolute Gasteiger partial charge is 0.354 e. The molecule has 0 atom stereocenters. The molecule has 0 radical (unpaired) electrons. The van der Waals surface area contributed by atoms with Gasteiger partial charge in [-0.1, -0.05) is 54.3 Å². The number of hydrogen-bond donors (Lipinski definition) is 1. The molecular weight excluding hydrogens is 278 g/mol. The van der Waals surface area contributed by atoms with Crippen LogP contribution in [0.4, 0.5) is 0 Å². The van der Waals surface area contributed by atoms with Gasteiger partial charge in [-0.3, -0.25) is 0 Å². The molecule has 1 heterocycles. The van der Waals surface area contributed by atoms with E-state index in [0.29, 0.717) is 0 Å². The van der Waals surface area contributed by atoms with Gasteiger partial charge < -0.3 is 4.98 Å². The molecule has 0 amide bonds. The van der Waals surface area contributed by atoms with Crippen molar-refractivity contribution in [3.63, 3.8) is 0 Å². The van der Waals surface area contributed by atoms with Crippen molar-refractivity contribution in [1.82, 2.24) is 4.98 Å². The van der Waals surface area contributed by atoms with Gasteiger partial charge in [0, 0.05) is 33.0 Å². The van der Waals surface area contributed by atoms with Crippen molar-refractivity contribution < 1.29 is 0 Å². The standard InChI is InChI=1S/C22H13N/c1-3-15-12-13-17(14-16(15)4-2)18-9-7-10-20-19-8-5-6-11-21(19)23-22(18)20/h1-2,5-14,23H. The van der Waals surface area contributed by atoms with E-state index >= 15 is 0 Å². The van der Waals surface area contributed by atoms with Gasteiger partial charge in [-0.05, 0) is 23.8 Å². The molecule has 0 unspecified atom stereocenters. The molecule has 0 aliphatic heterocycles. The van der Waals surface area contributed by atoms with E-state index < -0.39 is 0 Å². The molecule has 23 heavy (non-hydrogen) atoms. The van der Waals surface area contributed by atoms with Crippen LogP contribution in [0.25, 0.3) is 32.9 Å². The molecule has 1 aromatic heterocycles. The fraction of sp³-hybridized carbons (Fsp3) is 0. The first kappa shape index (κ1) is 13.3. The minimum Gasteiger partial charge on any atom is -0.354 e. The van der Waals surface area contributed by atoms with Gasteiger partial charge in [-0.2, -0.15) is 0 Å². The first-order valence-electron chi connectivity index (χ1n) is 7.39. The highest BCUT2D eigenvalue weighted by Crippen LogP contribution is 2.33. The van der Waals surface area contributed by atoms with Gasteiger partial charge in [0.25, 0.3) is 0 Å². The van der Waals surface area contributed by atoms with Crippen molar-refractivity contribution in [2.75, 3.05) is 0 Å². The molecular formula is C22H13N. The Balaban J connectivity index is 2.03. The van der Waals surface area contributed by atoms with Crippen LogP contribution in [0.5, 0.6) is 0 Å². The number of para-hydroxylation sites is 2. The van der Waals surface area contributed by atoms with Gasteiger partial charge >= 0.3 is 0 Å². The van der Waals surface area contributed by atoms with E-state index in [2.05, 4.69) is 53.2 Å². The van der Waals surface area contributed by atoms with E-state index in [4.69, 9.17) is 12.8 Å². The molecule has 0 spiro atoms. The zero-order chi connectivity index (χ0) is 15.8. The van der Waals surface area contributed by atoms with Crippen LogP contribution in [0.3, 0.4) is 0 Å². The highest BCUT2D eigenvalue weighted by Gasteiger charge is 2.10. The lowest BCUT2D eigenvalue weighted by Crippen LogP contribution is -1.87. The summed E-state index contributed by atoms with van der Waals surface area (Å²) in [6.07, 6.45) is 11.1. The average Bonchev–Trinajstić information content (AvgIpc) is 3.00. The molecule has 1 heteroatoms. The molecule has 1 N–H and O–H groups in total. The second-order valence-electron chi connectivity index (χ2n) is 5.45. The van der Waals surface area contributed by atoms with Crippen molar-refractivity contribution in [1.29, 1.82) is 0 Å². The van der Waals surface area contributed by atoms with E-state index in [9.17, 15) is 0 Å². The molecule has 106 valence electrons. The second kappa shape index (κ2) is 5.09. The molecule has 0 fully saturated rings. The Morgan fingerprint density at radius 3 is 2.35 bits per heavy atom. The van der Waals surface area contributed by atoms with Crippen LogP contribution in [0.2, 0.25) is 0 Å². The van der Waals surface area contributed by atoms with Crippen LogP contribution in [-0.2, 0) is 0 Å². The average molecular weight is 291 g/mol. The third kappa shape index (κ3) is 2.00. The smallest absolute Gasteiger partial charge is 0.0544 e. The number of H-pyrrole nitrogens is 1. The SMILES string of the molecule is C#Cc1ccc(-c2cccc3c2[nH]c2ccccc23)cc1C#C. The Morgan fingerprint density at radius 2 is 1.52 bits per heavy atom. The quantitative estimate of drug-likeness (QED) is 0.478. The zero-order valence-corrected chi connectivity index (χ0v) is 12.4. The summed E-state index contributed by atoms with van der Waals surface area (Å²) in [4.78, 5) is 3.52. The number of fused-ring (bicyclic) bond motifs is 3. The van der Waals surface area contributed by atoms with Gasteiger partial charge in [0.05, 0.1) is 5.52 Å². The van der Waals surface area contributed by atoms with E-state index in [1.54, 1.807) is 0 Å². The van der Waals surface area contributed by atoms with Crippen LogP contribution >= 0.6 is 0 Å². The molecule has 0 aliphatic rings. The lowest BCUT2D eigenvalue weighted by molar-refractivity contribution is 1.52. The van der Waals surface area contributed by atoms with Gasteiger partial charge in [0.1, 0.15) is 0 Å². The molecule has 0 saturated carbocycles. The Bertz CT molecular complexity index is 1130. The number of aromatic nitrogens is 1. The van der Waals surface area contributed by atoms with E-state index in [0.717, 1.165) is 33.3 Å². The third-order valence-corrected chi connectivity index (χ3v) is 4.18. The Labute approximate surface area is 135 Å². The number of aromatic amines is 1. The number of rotatable bonds is 1. The van der Waals surface area contributed by atoms with Crippen molar-refractivity contribution >= 4 is 21.8 Å². The fourth-order valence-corrected chi connectivity index (χ4v) is 3.07. The molecule has 0 aliphatic carbocycles. The van der Waals surface area contributed by atoms with Crippen molar-refractivity contribution in [3.8, 4) is 35.8 Å². The molecule has 3 aromatic carbocycles. The maximum Gasteiger partial charge on any atom is 0.0544 e. The van der Waals surface area contributed by atoms with E-state index in [1.165, 1.54) is 10.8 Å². The lowest BCUT2D eigenvalue weighted by atomic mass is 9.98. The Morgan fingerprint density at radius 1 is 0.739 bits per heavy atom. The van der Waals surface area contributed by atoms with Crippen LogP contribution in [-0.4, -0.2) is 4.98 Å². The first-order chi connectivity index (χ1) is 11.3. The second-order valence-corrected chi connectivity index (χ2v) is 5.45. The molecule has 0 saturated heterocycles.